The number of aliphatic imine (C=N–C) groups is 1. The molecule has 1 aromatic heterocycles. The molecule has 0 saturated carbocycles. The van der Waals surface area contributed by atoms with Crippen molar-refractivity contribution in [1.82, 2.24) is 20.5 Å². The van der Waals surface area contributed by atoms with Crippen molar-refractivity contribution in [3.8, 4) is 0 Å². The molecule has 0 aliphatic carbocycles. The molecule has 1 aliphatic rings. The van der Waals surface area contributed by atoms with E-state index in [0.29, 0.717) is 18.2 Å². The molecule has 2 N–H and O–H groups in total. The minimum atomic E-state index is -0.239. The highest BCUT2D eigenvalue weighted by Crippen LogP contribution is 2.16. The van der Waals surface area contributed by atoms with E-state index in [0.717, 1.165) is 55.1 Å². The summed E-state index contributed by atoms with van der Waals surface area (Å²) >= 11 is 3.28. The number of likely N-dealkylation sites (tertiary alicyclic amines) is 1. The Balaban J connectivity index is 0.00000300. The minimum absolute atomic E-state index is 0. The van der Waals surface area contributed by atoms with Crippen LogP contribution in [0.4, 0.5) is 4.39 Å². The van der Waals surface area contributed by atoms with E-state index in [4.69, 9.17) is 0 Å². The highest BCUT2D eigenvalue weighted by Gasteiger charge is 2.20. The van der Waals surface area contributed by atoms with Gasteiger partial charge in [-0.3, -0.25) is 9.88 Å². The Kier molecular flexibility index (Phi) is 10.3. The van der Waals surface area contributed by atoms with E-state index in [1.165, 1.54) is 6.07 Å². The largest absolute Gasteiger partial charge is 0.357 e. The van der Waals surface area contributed by atoms with Crippen LogP contribution >= 0.6 is 39.9 Å². The molecular formula is C21H28BrFIN5. The normalized spacial score (nSPS) is 15.6. The molecule has 0 radical (unpaired) electrons. The van der Waals surface area contributed by atoms with E-state index in [-0.39, 0.29) is 29.8 Å². The second-order valence-electron chi connectivity index (χ2n) is 6.95. The summed E-state index contributed by atoms with van der Waals surface area (Å²) in [5.74, 6) is 0.504. The van der Waals surface area contributed by atoms with Gasteiger partial charge < -0.3 is 10.6 Å². The van der Waals surface area contributed by atoms with Gasteiger partial charge in [0.1, 0.15) is 5.82 Å². The number of pyridine rings is 1. The van der Waals surface area contributed by atoms with Gasteiger partial charge in [0.25, 0.3) is 0 Å². The summed E-state index contributed by atoms with van der Waals surface area (Å²) in [6, 6.07) is 11.5. The molecule has 5 nitrogen and oxygen atoms in total. The molecule has 158 valence electrons. The molecule has 1 saturated heterocycles. The third-order valence-corrected chi connectivity index (χ3v) is 5.30. The molecule has 1 aromatic carbocycles. The van der Waals surface area contributed by atoms with Crippen molar-refractivity contribution in [2.24, 2.45) is 4.99 Å². The first kappa shape index (κ1) is 24.0. The second-order valence-corrected chi connectivity index (χ2v) is 7.86. The Labute approximate surface area is 197 Å². The number of nitrogens with one attached hydrogen (secondary N) is 2. The molecule has 0 bridgehead atoms. The Hall–Kier alpha value is -1.26. The molecule has 29 heavy (non-hydrogen) atoms. The molecule has 0 spiro atoms. The average molecular weight is 576 g/mol. The summed E-state index contributed by atoms with van der Waals surface area (Å²) in [6.07, 6.45) is 3.94. The van der Waals surface area contributed by atoms with Gasteiger partial charge in [-0.2, -0.15) is 0 Å². The number of piperidine rings is 1. The van der Waals surface area contributed by atoms with Crippen LogP contribution in [0.3, 0.4) is 0 Å². The maximum Gasteiger partial charge on any atom is 0.191 e. The maximum atomic E-state index is 14.0. The number of hydrogen-bond acceptors (Lipinski definition) is 3. The zero-order valence-corrected chi connectivity index (χ0v) is 20.5. The first-order chi connectivity index (χ1) is 13.6. The van der Waals surface area contributed by atoms with Gasteiger partial charge in [0.05, 0.1) is 12.2 Å². The molecule has 2 aromatic rings. The van der Waals surface area contributed by atoms with Crippen molar-refractivity contribution in [3.05, 3.63) is 64.1 Å². The van der Waals surface area contributed by atoms with Crippen LogP contribution in [0.2, 0.25) is 0 Å². The van der Waals surface area contributed by atoms with E-state index in [9.17, 15) is 4.39 Å². The summed E-state index contributed by atoms with van der Waals surface area (Å²) in [7, 11) is 0. The van der Waals surface area contributed by atoms with Crippen molar-refractivity contribution < 1.29 is 4.39 Å². The van der Waals surface area contributed by atoms with E-state index in [2.05, 4.69) is 47.5 Å². The van der Waals surface area contributed by atoms with Crippen molar-refractivity contribution in [1.29, 1.82) is 0 Å². The molecule has 0 amide bonds. The van der Waals surface area contributed by atoms with Crippen molar-refractivity contribution in [2.75, 3.05) is 19.6 Å². The van der Waals surface area contributed by atoms with Crippen LogP contribution in [-0.4, -0.2) is 41.5 Å². The monoisotopic (exact) mass is 575 g/mol. The van der Waals surface area contributed by atoms with Crippen molar-refractivity contribution in [3.63, 3.8) is 0 Å². The fourth-order valence-corrected chi connectivity index (χ4v) is 3.62. The third kappa shape index (κ3) is 7.82. The smallest absolute Gasteiger partial charge is 0.191 e. The molecule has 0 unspecified atom stereocenters. The fourth-order valence-electron chi connectivity index (χ4n) is 3.28. The van der Waals surface area contributed by atoms with E-state index in [1.807, 2.05) is 31.3 Å². The third-order valence-electron chi connectivity index (χ3n) is 4.81. The van der Waals surface area contributed by atoms with Gasteiger partial charge in [-0.1, -0.05) is 28.1 Å². The van der Waals surface area contributed by atoms with Gasteiger partial charge in [0.2, 0.25) is 0 Å². The SMILES string of the molecule is CCNC(=NCc1ccc(Br)cc1F)NC1CCN(Cc2ccccn2)CC1.I. The lowest BCUT2D eigenvalue weighted by Gasteiger charge is -2.32. The Morgan fingerprint density at radius 2 is 2.07 bits per heavy atom. The standard InChI is InChI=1S/C21H27BrFN5.HI/c1-2-24-21(26-14-16-6-7-17(22)13-20(16)23)27-18-8-11-28(12-9-18)15-19-5-3-4-10-25-19;/h3-7,10,13,18H,2,8-9,11-12,14-15H2,1H3,(H2,24,26,27);1H. The van der Waals surface area contributed by atoms with Crippen LogP contribution in [0.1, 0.15) is 31.0 Å². The Morgan fingerprint density at radius 1 is 1.28 bits per heavy atom. The predicted octanol–water partition coefficient (Wildman–Crippen LogP) is 4.32. The number of guanidine groups is 1. The van der Waals surface area contributed by atoms with Crippen LogP contribution in [0, 0.1) is 5.82 Å². The predicted molar refractivity (Wildman–Crippen MR) is 130 cm³/mol. The quantitative estimate of drug-likeness (QED) is 0.306. The Bertz CT molecular complexity index is 782. The molecule has 8 heteroatoms. The fraction of sp³-hybridized carbons (Fsp3) is 0.429. The lowest BCUT2D eigenvalue weighted by Crippen LogP contribution is -2.48. The van der Waals surface area contributed by atoms with Gasteiger partial charge in [-0.25, -0.2) is 9.38 Å². The lowest BCUT2D eigenvalue weighted by atomic mass is 10.0. The first-order valence-electron chi connectivity index (χ1n) is 9.75. The summed E-state index contributed by atoms with van der Waals surface area (Å²) in [5, 5.41) is 6.77. The van der Waals surface area contributed by atoms with E-state index >= 15 is 0 Å². The highest BCUT2D eigenvalue weighted by atomic mass is 127. The van der Waals surface area contributed by atoms with Gasteiger partial charge >= 0.3 is 0 Å². The minimum Gasteiger partial charge on any atom is -0.357 e. The van der Waals surface area contributed by atoms with Crippen LogP contribution in [0.15, 0.2) is 52.1 Å². The number of aromatic nitrogens is 1. The van der Waals surface area contributed by atoms with Crippen LogP contribution in [0.25, 0.3) is 0 Å². The summed E-state index contributed by atoms with van der Waals surface area (Å²) in [6.45, 7) is 6.06. The molecule has 0 atom stereocenters. The second kappa shape index (κ2) is 12.4. The van der Waals surface area contributed by atoms with Gasteiger partial charge in [-0.05, 0) is 44.0 Å². The van der Waals surface area contributed by atoms with E-state index in [1.54, 1.807) is 6.07 Å². The summed E-state index contributed by atoms with van der Waals surface area (Å²) in [4.78, 5) is 11.4. The number of hydrogen-bond donors (Lipinski definition) is 2. The van der Waals surface area contributed by atoms with Crippen molar-refractivity contribution in [2.45, 2.75) is 38.9 Å². The summed E-state index contributed by atoms with van der Waals surface area (Å²) < 4.78 is 14.8. The zero-order valence-electron chi connectivity index (χ0n) is 16.6. The van der Waals surface area contributed by atoms with Crippen molar-refractivity contribution >= 4 is 45.9 Å². The highest BCUT2D eigenvalue weighted by molar-refractivity contribution is 14.0. The van der Waals surface area contributed by atoms with Gasteiger partial charge in [0, 0.05) is 48.5 Å². The maximum absolute atomic E-state index is 14.0. The molecule has 3 rings (SSSR count). The van der Waals surface area contributed by atoms with Crippen LogP contribution in [0.5, 0.6) is 0 Å². The molecule has 2 heterocycles. The molecule has 1 aliphatic heterocycles. The Morgan fingerprint density at radius 3 is 2.72 bits per heavy atom. The number of rotatable bonds is 6. The zero-order chi connectivity index (χ0) is 19.8. The number of halogens is 3. The summed E-state index contributed by atoms with van der Waals surface area (Å²) in [5.41, 5.74) is 1.70. The average Bonchev–Trinajstić information content (AvgIpc) is 2.69. The number of benzene rings is 1. The lowest BCUT2D eigenvalue weighted by molar-refractivity contribution is 0.196. The molecule has 1 fully saturated rings. The topological polar surface area (TPSA) is 52.6 Å². The van der Waals surface area contributed by atoms with Gasteiger partial charge in [-0.15, -0.1) is 24.0 Å². The number of nitrogens with zero attached hydrogens (tertiary/aromatic N) is 3. The molecular weight excluding hydrogens is 548 g/mol. The van der Waals surface area contributed by atoms with Crippen LogP contribution < -0.4 is 10.6 Å². The van der Waals surface area contributed by atoms with E-state index < -0.39 is 0 Å². The van der Waals surface area contributed by atoms with Gasteiger partial charge in [0.15, 0.2) is 5.96 Å². The van der Waals surface area contributed by atoms with Crippen LogP contribution in [-0.2, 0) is 13.1 Å². The first-order valence-corrected chi connectivity index (χ1v) is 10.5.